The van der Waals surface area contributed by atoms with Crippen molar-refractivity contribution in [2.45, 2.75) is 51.4 Å². The molecule has 1 heterocycles. The highest BCUT2D eigenvalue weighted by Crippen LogP contribution is 2.27. The van der Waals surface area contributed by atoms with E-state index in [0.717, 1.165) is 16.6 Å². The van der Waals surface area contributed by atoms with Crippen LogP contribution in [0, 0.1) is 5.92 Å². The van der Waals surface area contributed by atoms with Crippen LogP contribution in [0.3, 0.4) is 0 Å². The molecule has 0 aromatic carbocycles. The van der Waals surface area contributed by atoms with Crippen molar-refractivity contribution in [3.63, 3.8) is 0 Å². The lowest BCUT2D eigenvalue weighted by atomic mass is 9.87. The van der Waals surface area contributed by atoms with Gasteiger partial charge in [0.15, 0.2) is 0 Å². The predicted octanol–water partition coefficient (Wildman–Crippen LogP) is 4.98. The van der Waals surface area contributed by atoms with E-state index < -0.39 is 0 Å². The number of rotatable bonds is 3. The summed E-state index contributed by atoms with van der Waals surface area (Å²) in [7, 11) is 0. The highest BCUT2D eigenvalue weighted by atomic mass is 79.9. The maximum Gasteiger partial charge on any atom is 0.141 e. The quantitative estimate of drug-likeness (QED) is 0.768. The molecule has 94 valence electrons. The molecule has 0 atom stereocenters. The minimum absolute atomic E-state index is 0.330. The van der Waals surface area contributed by atoms with E-state index in [9.17, 15) is 4.79 Å². The number of ketones is 1. The van der Waals surface area contributed by atoms with Crippen LogP contribution in [0.25, 0.3) is 0 Å². The molecule has 0 aliphatic heterocycles. The predicted molar refractivity (Wildman–Crippen MR) is 76.5 cm³/mol. The second-order valence-corrected chi connectivity index (χ2v) is 7.44. The third kappa shape index (κ3) is 4.22. The van der Waals surface area contributed by atoms with Crippen LogP contribution in [0.1, 0.15) is 49.8 Å². The first-order valence-corrected chi connectivity index (χ1v) is 8.13. The molecule has 0 unspecified atom stereocenters. The van der Waals surface area contributed by atoms with Crippen molar-refractivity contribution in [1.29, 1.82) is 0 Å². The molecule has 3 heteroatoms. The van der Waals surface area contributed by atoms with Gasteiger partial charge < -0.3 is 0 Å². The van der Waals surface area contributed by atoms with Crippen LogP contribution in [-0.4, -0.2) is 5.78 Å². The fourth-order valence-corrected chi connectivity index (χ4v) is 4.03. The van der Waals surface area contributed by atoms with Crippen molar-refractivity contribution in [1.82, 2.24) is 0 Å². The zero-order valence-corrected chi connectivity index (χ0v) is 12.5. The standard InChI is InChI=1S/C14H19BrOS/c15-14-9-8-12(17-14)10-13(16)11-6-4-2-1-3-5-7-11/h8-9,11H,1-7,10H2. The van der Waals surface area contributed by atoms with Crippen LogP contribution in [0.4, 0.5) is 0 Å². The van der Waals surface area contributed by atoms with E-state index in [1.807, 2.05) is 6.07 Å². The summed E-state index contributed by atoms with van der Waals surface area (Å²) in [6.45, 7) is 0. The number of halogens is 1. The maximum absolute atomic E-state index is 12.2. The largest absolute Gasteiger partial charge is 0.299 e. The molecule has 1 nitrogen and oxygen atoms in total. The summed E-state index contributed by atoms with van der Waals surface area (Å²) in [4.78, 5) is 13.4. The van der Waals surface area contributed by atoms with E-state index in [2.05, 4.69) is 22.0 Å². The Hall–Kier alpha value is -0.150. The Labute approximate surface area is 116 Å². The molecule has 0 N–H and O–H groups in total. The van der Waals surface area contributed by atoms with E-state index in [1.165, 1.54) is 37.0 Å². The van der Waals surface area contributed by atoms with Gasteiger partial charge in [0.1, 0.15) is 5.78 Å². The average Bonchev–Trinajstić information content (AvgIpc) is 2.63. The Morgan fingerprint density at radius 2 is 1.82 bits per heavy atom. The van der Waals surface area contributed by atoms with Crippen molar-refractivity contribution >= 4 is 33.0 Å². The number of hydrogen-bond acceptors (Lipinski definition) is 2. The Kier molecular flexibility index (Phi) is 5.23. The maximum atomic E-state index is 12.2. The number of Topliss-reactive ketones (excluding diaryl/α,β-unsaturated/α-hetero) is 1. The Balaban J connectivity index is 1.89. The molecule has 2 rings (SSSR count). The second kappa shape index (κ2) is 6.69. The molecule has 1 aromatic rings. The summed E-state index contributed by atoms with van der Waals surface area (Å²) in [5.41, 5.74) is 0. The summed E-state index contributed by atoms with van der Waals surface area (Å²) < 4.78 is 1.12. The normalized spacial score (nSPS) is 18.6. The molecule has 0 radical (unpaired) electrons. The van der Waals surface area contributed by atoms with Crippen LogP contribution in [0.15, 0.2) is 15.9 Å². The zero-order chi connectivity index (χ0) is 12.1. The van der Waals surface area contributed by atoms with Gasteiger partial charge in [0.25, 0.3) is 0 Å². The van der Waals surface area contributed by atoms with Gasteiger partial charge in [0.2, 0.25) is 0 Å². The lowest BCUT2D eigenvalue weighted by Crippen LogP contribution is -2.17. The third-order valence-electron chi connectivity index (χ3n) is 3.54. The summed E-state index contributed by atoms with van der Waals surface area (Å²) in [6, 6.07) is 4.10. The van der Waals surface area contributed by atoms with Gasteiger partial charge in [-0.15, -0.1) is 11.3 Å². The fourth-order valence-electron chi connectivity index (χ4n) is 2.54. The van der Waals surface area contributed by atoms with Gasteiger partial charge in [0, 0.05) is 17.2 Å². The van der Waals surface area contributed by atoms with Crippen LogP contribution < -0.4 is 0 Å². The van der Waals surface area contributed by atoms with Gasteiger partial charge >= 0.3 is 0 Å². The molecule has 17 heavy (non-hydrogen) atoms. The highest BCUT2D eigenvalue weighted by molar-refractivity contribution is 9.11. The SMILES string of the molecule is O=C(Cc1ccc(Br)s1)C1CCCCCCC1. The zero-order valence-electron chi connectivity index (χ0n) is 10.1. The summed E-state index contributed by atoms with van der Waals surface area (Å²) in [6.07, 6.45) is 9.34. The summed E-state index contributed by atoms with van der Waals surface area (Å²) in [5.74, 6) is 0.789. The van der Waals surface area contributed by atoms with Crippen LogP contribution in [0.2, 0.25) is 0 Å². The van der Waals surface area contributed by atoms with E-state index in [1.54, 1.807) is 11.3 Å². The Bertz CT molecular complexity index is 364. The van der Waals surface area contributed by atoms with Crippen molar-refractivity contribution in [3.8, 4) is 0 Å². The van der Waals surface area contributed by atoms with Crippen molar-refractivity contribution in [2.24, 2.45) is 5.92 Å². The molecule has 1 fully saturated rings. The summed E-state index contributed by atoms with van der Waals surface area (Å²) in [5, 5.41) is 0. The fraction of sp³-hybridized carbons (Fsp3) is 0.643. The van der Waals surface area contributed by atoms with Gasteiger partial charge in [-0.05, 0) is 40.9 Å². The monoisotopic (exact) mass is 314 g/mol. The lowest BCUT2D eigenvalue weighted by molar-refractivity contribution is -0.122. The Morgan fingerprint density at radius 3 is 2.41 bits per heavy atom. The molecular weight excluding hydrogens is 296 g/mol. The van der Waals surface area contributed by atoms with Crippen LogP contribution >= 0.6 is 27.3 Å². The Morgan fingerprint density at radius 1 is 1.18 bits per heavy atom. The van der Waals surface area contributed by atoms with Gasteiger partial charge in [-0.3, -0.25) is 4.79 Å². The van der Waals surface area contributed by atoms with Crippen LogP contribution in [-0.2, 0) is 11.2 Å². The molecule has 1 saturated carbocycles. The molecule has 1 aliphatic rings. The molecule has 1 aliphatic carbocycles. The number of hydrogen-bond donors (Lipinski definition) is 0. The van der Waals surface area contributed by atoms with Crippen molar-refractivity contribution in [3.05, 3.63) is 20.8 Å². The molecule has 0 bridgehead atoms. The topological polar surface area (TPSA) is 17.1 Å². The minimum atomic E-state index is 0.330. The lowest BCUT2D eigenvalue weighted by Gasteiger charge is -2.18. The molecular formula is C14H19BrOS. The first-order chi connectivity index (χ1) is 8.25. The number of carbonyl (C=O) groups is 1. The average molecular weight is 315 g/mol. The second-order valence-electron chi connectivity index (χ2n) is 4.89. The van der Waals surface area contributed by atoms with Crippen molar-refractivity contribution in [2.75, 3.05) is 0 Å². The van der Waals surface area contributed by atoms with E-state index >= 15 is 0 Å². The summed E-state index contributed by atoms with van der Waals surface area (Å²) >= 11 is 5.13. The van der Waals surface area contributed by atoms with E-state index in [-0.39, 0.29) is 0 Å². The first kappa shape index (κ1) is 13.3. The van der Waals surface area contributed by atoms with Crippen LogP contribution in [0.5, 0.6) is 0 Å². The number of thiophene rings is 1. The van der Waals surface area contributed by atoms with Gasteiger partial charge in [-0.2, -0.15) is 0 Å². The van der Waals surface area contributed by atoms with Crippen molar-refractivity contribution < 1.29 is 4.79 Å². The highest BCUT2D eigenvalue weighted by Gasteiger charge is 2.19. The number of carbonyl (C=O) groups excluding carboxylic acids is 1. The molecule has 0 spiro atoms. The minimum Gasteiger partial charge on any atom is -0.299 e. The first-order valence-electron chi connectivity index (χ1n) is 6.52. The third-order valence-corrected chi connectivity index (χ3v) is 5.16. The molecule has 1 aromatic heterocycles. The van der Waals surface area contributed by atoms with Gasteiger partial charge in [-0.25, -0.2) is 0 Å². The molecule has 0 amide bonds. The molecule has 0 saturated heterocycles. The van der Waals surface area contributed by atoms with Gasteiger partial charge in [-0.1, -0.05) is 32.1 Å². The van der Waals surface area contributed by atoms with E-state index in [4.69, 9.17) is 0 Å². The van der Waals surface area contributed by atoms with Gasteiger partial charge in [0.05, 0.1) is 3.79 Å². The van der Waals surface area contributed by atoms with E-state index in [0.29, 0.717) is 18.1 Å². The smallest absolute Gasteiger partial charge is 0.141 e.